The van der Waals surface area contributed by atoms with Crippen LogP contribution in [0.25, 0.3) is 21.2 Å². The van der Waals surface area contributed by atoms with Gasteiger partial charge in [-0.1, -0.05) is 24.3 Å². The average molecular weight is 346 g/mol. The fourth-order valence-electron chi connectivity index (χ4n) is 2.61. The molecule has 6 heteroatoms. The van der Waals surface area contributed by atoms with E-state index in [1.807, 2.05) is 30.3 Å². The predicted octanol–water partition coefficient (Wildman–Crippen LogP) is 3.89. The average Bonchev–Trinajstić information content (AvgIpc) is 3.06. The van der Waals surface area contributed by atoms with Crippen molar-refractivity contribution in [3.05, 3.63) is 75.6 Å². The van der Waals surface area contributed by atoms with Gasteiger partial charge in [0, 0.05) is 6.07 Å². The standard InChI is InChI=1S/C19H10N2O3S/c20-10-12(19-21-13-6-2-4-8-17(13)25-19)18(23)16-9-14(22)11-5-1-3-7-15(11)24-16/h1-9,12H/t12-/m1/s1. The predicted molar refractivity (Wildman–Crippen MR) is 94.8 cm³/mol. The van der Waals surface area contributed by atoms with Crippen molar-refractivity contribution in [3.8, 4) is 6.07 Å². The van der Waals surface area contributed by atoms with Gasteiger partial charge in [-0.15, -0.1) is 11.3 Å². The maximum atomic E-state index is 12.8. The molecule has 0 radical (unpaired) electrons. The van der Waals surface area contributed by atoms with Gasteiger partial charge in [-0.3, -0.25) is 9.59 Å². The Labute approximate surface area is 145 Å². The fraction of sp³-hybridized carbons (Fsp3) is 0.0526. The van der Waals surface area contributed by atoms with Crippen LogP contribution in [0, 0.1) is 11.3 Å². The summed E-state index contributed by atoms with van der Waals surface area (Å²) in [5, 5.41) is 10.3. The van der Waals surface area contributed by atoms with Gasteiger partial charge in [0.25, 0.3) is 0 Å². The number of aromatic nitrogens is 1. The third kappa shape index (κ3) is 2.61. The second-order valence-corrected chi connectivity index (χ2v) is 6.48. The van der Waals surface area contributed by atoms with E-state index >= 15 is 0 Å². The Morgan fingerprint density at radius 2 is 1.92 bits per heavy atom. The molecule has 2 aromatic carbocycles. The first-order chi connectivity index (χ1) is 12.2. The number of carbonyl (C=O) groups is 1. The third-order valence-electron chi connectivity index (χ3n) is 3.83. The van der Waals surface area contributed by atoms with E-state index in [0.717, 1.165) is 16.3 Å². The lowest BCUT2D eigenvalue weighted by atomic mass is 10.0. The largest absolute Gasteiger partial charge is 0.453 e. The molecule has 25 heavy (non-hydrogen) atoms. The summed E-state index contributed by atoms with van der Waals surface area (Å²) in [6.07, 6.45) is 0. The van der Waals surface area contributed by atoms with Crippen molar-refractivity contribution in [2.24, 2.45) is 0 Å². The van der Waals surface area contributed by atoms with Crippen molar-refractivity contribution in [3.63, 3.8) is 0 Å². The number of Topliss-reactive ketones (excluding diaryl/α,β-unsaturated/α-hetero) is 1. The number of hydrogen-bond acceptors (Lipinski definition) is 6. The van der Waals surface area contributed by atoms with Gasteiger partial charge in [-0.2, -0.15) is 5.26 Å². The molecule has 1 atom stereocenters. The molecule has 0 amide bonds. The summed E-state index contributed by atoms with van der Waals surface area (Å²) in [5.74, 6) is -1.80. The van der Waals surface area contributed by atoms with Crippen LogP contribution >= 0.6 is 11.3 Å². The summed E-state index contributed by atoms with van der Waals surface area (Å²) >= 11 is 1.29. The minimum atomic E-state index is -1.11. The second kappa shape index (κ2) is 5.96. The molecule has 0 saturated carbocycles. The van der Waals surface area contributed by atoms with Crippen LogP contribution in [-0.2, 0) is 0 Å². The Hall–Kier alpha value is -3.30. The Morgan fingerprint density at radius 1 is 1.16 bits per heavy atom. The normalized spacial score (nSPS) is 12.1. The summed E-state index contributed by atoms with van der Waals surface area (Å²) in [4.78, 5) is 29.3. The first kappa shape index (κ1) is 15.2. The number of thiazole rings is 1. The van der Waals surface area contributed by atoms with Gasteiger partial charge in [-0.25, -0.2) is 4.98 Å². The third-order valence-corrected chi connectivity index (χ3v) is 4.93. The number of hydrogen-bond donors (Lipinski definition) is 0. The molecule has 0 fully saturated rings. The van der Waals surface area contributed by atoms with Crippen LogP contribution in [0.1, 0.15) is 21.5 Å². The highest BCUT2D eigenvalue weighted by Crippen LogP contribution is 2.29. The zero-order valence-electron chi connectivity index (χ0n) is 12.8. The highest BCUT2D eigenvalue weighted by Gasteiger charge is 2.28. The first-order valence-electron chi connectivity index (χ1n) is 7.49. The van der Waals surface area contributed by atoms with Gasteiger partial charge < -0.3 is 4.42 Å². The summed E-state index contributed by atoms with van der Waals surface area (Å²) in [6, 6.07) is 17.2. The van der Waals surface area contributed by atoms with Crippen LogP contribution in [0.5, 0.6) is 0 Å². The molecule has 0 N–H and O–H groups in total. The van der Waals surface area contributed by atoms with E-state index in [9.17, 15) is 14.9 Å². The lowest BCUT2D eigenvalue weighted by Gasteiger charge is -2.05. The molecule has 2 aromatic heterocycles. The lowest BCUT2D eigenvalue weighted by Crippen LogP contribution is -2.14. The molecule has 0 saturated heterocycles. The molecule has 4 rings (SSSR count). The van der Waals surface area contributed by atoms with Crippen molar-refractivity contribution in [2.75, 3.05) is 0 Å². The van der Waals surface area contributed by atoms with Crippen LogP contribution in [0.2, 0.25) is 0 Å². The van der Waals surface area contributed by atoms with Gasteiger partial charge in [-0.05, 0) is 24.3 Å². The zero-order chi connectivity index (χ0) is 17.4. The smallest absolute Gasteiger partial charge is 0.222 e. The molecule has 0 aliphatic heterocycles. The van der Waals surface area contributed by atoms with Crippen molar-refractivity contribution < 1.29 is 9.21 Å². The van der Waals surface area contributed by atoms with Crippen LogP contribution in [0.4, 0.5) is 0 Å². The number of para-hydroxylation sites is 2. The molecule has 0 unspecified atom stereocenters. The maximum absolute atomic E-state index is 12.8. The summed E-state index contributed by atoms with van der Waals surface area (Å²) < 4.78 is 6.45. The number of benzene rings is 2. The monoisotopic (exact) mass is 346 g/mol. The van der Waals surface area contributed by atoms with E-state index in [-0.39, 0.29) is 11.2 Å². The van der Waals surface area contributed by atoms with Gasteiger partial charge >= 0.3 is 0 Å². The van der Waals surface area contributed by atoms with Gasteiger partial charge in [0.05, 0.1) is 21.7 Å². The number of rotatable bonds is 3. The minimum Gasteiger partial charge on any atom is -0.453 e. The van der Waals surface area contributed by atoms with Crippen molar-refractivity contribution in [1.29, 1.82) is 5.26 Å². The van der Waals surface area contributed by atoms with Crippen LogP contribution in [0.15, 0.2) is 63.8 Å². The SMILES string of the molecule is N#C[C@H](C(=O)c1cc(=O)c2ccccc2o1)c1nc2ccccc2s1. The second-order valence-electron chi connectivity index (χ2n) is 5.42. The summed E-state index contributed by atoms with van der Waals surface area (Å²) in [7, 11) is 0. The molecular formula is C19H10N2O3S. The number of carbonyl (C=O) groups excluding carboxylic acids is 1. The van der Waals surface area contributed by atoms with Crippen molar-refractivity contribution in [1.82, 2.24) is 4.98 Å². The molecule has 0 spiro atoms. The van der Waals surface area contributed by atoms with Gasteiger partial charge in [0.2, 0.25) is 5.78 Å². The lowest BCUT2D eigenvalue weighted by molar-refractivity contribution is 0.0952. The number of nitriles is 1. The number of ketones is 1. The van der Waals surface area contributed by atoms with Crippen LogP contribution in [-0.4, -0.2) is 10.8 Å². The Balaban J connectivity index is 1.80. The Kier molecular flexibility index (Phi) is 3.64. The molecule has 120 valence electrons. The minimum absolute atomic E-state index is 0.130. The van der Waals surface area contributed by atoms with Gasteiger partial charge in [0.15, 0.2) is 17.1 Å². The highest BCUT2D eigenvalue weighted by molar-refractivity contribution is 7.18. The van der Waals surface area contributed by atoms with Gasteiger partial charge in [0.1, 0.15) is 10.6 Å². The summed E-state index contributed by atoms with van der Waals surface area (Å²) in [6.45, 7) is 0. The fourth-order valence-corrected chi connectivity index (χ4v) is 3.62. The zero-order valence-corrected chi connectivity index (χ0v) is 13.6. The Bertz CT molecular complexity index is 1180. The molecule has 5 nitrogen and oxygen atoms in total. The van der Waals surface area contributed by atoms with E-state index in [4.69, 9.17) is 4.42 Å². The van der Waals surface area contributed by atoms with Crippen LogP contribution in [0.3, 0.4) is 0 Å². The molecule has 0 aliphatic rings. The van der Waals surface area contributed by atoms with E-state index in [2.05, 4.69) is 4.98 Å². The van der Waals surface area contributed by atoms with Crippen molar-refractivity contribution >= 4 is 38.3 Å². The molecular weight excluding hydrogens is 336 g/mol. The molecule has 4 aromatic rings. The van der Waals surface area contributed by atoms with E-state index in [1.54, 1.807) is 24.3 Å². The molecule has 0 bridgehead atoms. The van der Waals surface area contributed by atoms with E-state index < -0.39 is 11.7 Å². The van der Waals surface area contributed by atoms with E-state index in [0.29, 0.717) is 16.0 Å². The molecule has 2 heterocycles. The first-order valence-corrected chi connectivity index (χ1v) is 8.31. The maximum Gasteiger partial charge on any atom is 0.222 e. The number of fused-ring (bicyclic) bond motifs is 2. The number of nitrogens with zero attached hydrogens (tertiary/aromatic N) is 2. The summed E-state index contributed by atoms with van der Waals surface area (Å²) in [5.41, 5.74) is 0.737. The Morgan fingerprint density at radius 3 is 2.72 bits per heavy atom. The molecule has 0 aliphatic carbocycles. The van der Waals surface area contributed by atoms with Crippen molar-refractivity contribution in [2.45, 2.75) is 5.92 Å². The highest BCUT2D eigenvalue weighted by atomic mass is 32.1. The van der Waals surface area contributed by atoms with Crippen LogP contribution < -0.4 is 5.43 Å². The van der Waals surface area contributed by atoms with E-state index in [1.165, 1.54) is 11.3 Å². The quantitative estimate of drug-likeness (QED) is 0.525. The topological polar surface area (TPSA) is 84.0 Å².